The maximum atomic E-state index is 12.8. The topological polar surface area (TPSA) is 141 Å². The van der Waals surface area contributed by atoms with E-state index in [1.807, 2.05) is 6.92 Å². The number of carbonyl (C=O) groups is 1. The summed E-state index contributed by atoms with van der Waals surface area (Å²) < 4.78 is 39.4. The number of anilines is 1. The van der Waals surface area contributed by atoms with Gasteiger partial charge in [0.1, 0.15) is 5.82 Å². The number of nitrogens with zero attached hydrogens (tertiary/aromatic N) is 5. The van der Waals surface area contributed by atoms with E-state index < -0.39 is 10.0 Å². The normalized spacial score (nSPS) is 14.7. The summed E-state index contributed by atoms with van der Waals surface area (Å²) in [4.78, 5) is 22.3. The standard InChI is InChI=1S/C25H35N7O5S2/c1-4-36-14-10-26-22-21-17-28-32(23(21)30-25(29-22)38-18(2)3)11-9-27-24(33)19-5-7-20(8-6-19)39(34,35)31-12-15-37-16-13-31/h5-8,17-18H,4,9-16H2,1-3H3,(H,27,33)(H,26,29,30). The molecule has 0 saturated carbocycles. The Labute approximate surface area is 232 Å². The molecule has 0 spiro atoms. The van der Waals surface area contributed by atoms with Gasteiger partial charge in [-0.15, -0.1) is 0 Å². The number of rotatable bonds is 13. The van der Waals surface area contributed by atoms with Crippen molar-refractivity contribution in [3.63, 3.8) is 0 Å². The van der Waals surface area contributed by atoms with Gasteiger partial charge in [0.05, 0.1) is 42.8 Å². The minimum absolute atomic E-state index is 0.157. The van der Waals surface area contributed by atoms with E-state index in [1.165, 1.54) is 28.6 Å². The minimum Gasteiger partial charge on any atom is -0.380 e. The van der Waals surface area contributed by atoms with E-state index in [9.17, 15) is 13.2 Å². The van der Waals surface area contributed by atoms with Crippen LogP contribution in [0.25, 0.3) is 11.0 Å². The maximum Gasteiger partial charge on any atom is 0.251 e. The molecule has 1 aliphatic rings. The van der Waals surface area contributed by atoms with Crippen molar-refractivity contribution in [2.75, 3.05) is 57.9 Å². The number of thioether (sulfide) groups is 1. The fourth-order valence-corrected chi connectivity index (χ4v) is 6.09. The van der Waals surface area contributed by atoms with E-state index in [0.29, 0.717) is 86.6 Å². The van der Waals surface area contributed by atoms with Crippen LogP contribution < -0.4 is 10.6 Å². The fourth-order valence-electron chi connectivity index (χ4n) is 3.97. The van der Waals surface area contributed by atoms with E-state index in [-0.39, 0.29) is 10.8 Å². The zero-order valence-electron chi connectivity index (χ0n) is 22.4. The highest BCUT2D eigenvalue weighted by Gasteiger charge is 2.26. The zero-order chi connectivity index (χ0) is 27.8. The largest absolute Gasteiger partial charge is 0.380 e. The third-order valence-corrected chi connectivity index (χ3v) is 8.67. The lowest BCUT2D eigenvalue weighted by Gasteiger charge is -2.26. The van der Waals surface area contributed by atoms with Gasteiger partial charge in [-0.1, -0.05) is 25.6 Å². The van der Waals surface area contributed by atoms with Crippen molar-refractivity contribution in [3.8, 4) is 0 Å². The van der Waals surface area contributed by atoms with Gasteiger partial charge in [-0.25, -0.2) is 23.1 Å². The molecule has 1 aromatic carbocycles. The highest BCUT2D eigenvalue weighted by atomic mass is 32.2. The van der Waals surface area contributed by atoms with Crippen LogP contribution >= 0.6 is 11.8 Å². The number of morpholine rings is 1. The lowest BCUT2D eigenvalue weighted by atomic mass is 10.2. The number of carbonyl (C=O) groups excluding carboxylic acids is 1. The molecule has 12 nitrogen and oxygen atoms in total. The Bertz CT molecular complexity index is 1360. The second-order valence-electron chi connectivity index (χ2n) is 9.05. The summed E-state index contributed by atoms with van der Waals surface area (Å²) in [6.07, 6.45) is 1.72. The zero-order valence-corrected chi connectivity index (χ0v) is 24.1. The van der Waals surface area contributed by atoms with Crippen LogP contribution in [0, 0.1) is 0 Å². The Balaban J connectivity index is 1.40. The smallest absolute Gasteiger partial charge is 0.251 e. The lowest BCUT2D eigenvalue weighted by molar-refractivity contribution is 0.0730. The van der Waals surface area contributed by atoms with E-state index in [1.54, 1.807) is 22.6 Å². The van der Waals surface area contributed by atoms with Gasteiger partial charge in [0.15, 0.2) is 10.8 Å². The molecule has 212 valence electrons. The number of nitrogens with one attached hydrogen (secondary N) is 2. The van der Waals surface area contributed by atoms with Gasteiger partial charge < -0.3 is 20.1 Å². The summed E-state index contributed by atoms with van der Waals surface area (Å²) in [6.45, 7) is 10.0. The Hall–Kier alpha value is -2.78. The Morgan fingerprint density at radius 1 is 1.15 bits per heavy atom. The molecule has 0 radical (unpaired) electrons. The van der Waals surface area contributed by atoms with Gasteiger partial charge in [0.2, 0.25) is 10.0 Å². The summed E-state index contributed by atoms with van der Waals surface area (Å²) in [7, 11) is -3.61. The number of hydrogen-bond acceptors (Lipinski definition) is 10. The Morgan fingerprint density at radius 2 is 1.90 bits per heavy atom. The molecule has 1 saturated heterocycles. The van der Waals surface area contributed by atoms with E-state index in [2.05, 4.69) is 34.6 Å². The first kappa shape index (κ1) is 29.2. The predicted octanol–water partition coefficient (Wildman–Crippen LogP) is 2.23. The van der Waals surface area contributed by atoms with Crippen LogP contribution in [0.2, 0.25) is 0 Å². The highest BCUT2D eigenvalue weighted by Crippen LogP contribution is 2.26. The molecular weight excluding hydrogens is 542 g/mol. The summed E-state index contributed by atoms with van der Waals surface area (Å²) in [5.74, 6) is 0.399. The number of aromatic nitrogens is 4. The van der Waals surface area contributed by atoms with Crippen LogP contribution in [0.1, 0.15) is 31.1 Å². The molecule has 0 unspecified atom stereocenters. The molecule has 1 amide bonds. The minimum atomic E-state index is -3.61. The van der Waals surface area contributed by atoms with E-state index >= 15 is 0 Å². The van der Waals surface area contributed by atoms with Crippen molar-refractivity contribution >= 4 is 44.5 Å². The summed E-state index contributed by atoms with van der Waals surface area (Å²) in [6, 6.07) is 5.97. The molecule has 1 aliphatic heterocycles. The van der Waals surface area contributed by atoms with Gasteiger partial charge in [-0.2, -0.15) is 9.40 Å². The Morgan fingerprint density at radius 3 is 2.59 bits per heavy atom. The monoisotopic (exact) mass is 577 g/mol. The summed E-state index contributed by atoms with van der Waals surface area (Å²) in [5, 5.41) is 12.4. The third-order valence-electron chi connectivity index (χ3n) is 5.89. The quantitative estimate of drug-likeness (QED) is 0.177. The summed E-state index contributed by atoms with van der Waals surface area (Å²) >= 11 is 1.56. The second-order valence-corrected chi connectivity index (χ2v) is 12.5. The van der Waals surface area contributed by atoms with E-state index in [0.717, 1.165) is 5.39 Å². The van der Waals surface area contributed by atoms with Crippen molar-refractivity contribution in [2.45, 2.75) is 42.6 Å². The number of hydrogen-bond donors (Lipinski definition) is 2. The van der Waals surface area contributed by atoms with Crippen LogP contribution in [0.5, 0.6) is 0 Å². The average Bonchev–Trinajstić information content (AvgIpc) is 3.34. The maximum absolute atomic E-state index is 12.8. The molecule has 2 N–H and O–H groups in total. The van der Waals surface area contributed by atoms with Crippen LogP contribution in [0.4, 0.5) is 5.82 Å². The molecule has 39 heavy (non-hydrogen) atoms. The SMILES string of the molecule is CCOCCNc1nc(SC(C)C)nc2c1cnn2CCNC(=O)c1ccc(S(=O)(=O)N2CCOCC2)cc1. The van der Waals surface area contributed by atoms with Crippen LogP contribution in [0.15, 0.2) is 40.5 Å². The fraction of sp³-hybridized carbons (Fsp3) is 0.520. The first-order chi connectivity index (χ1) is 18.8. The third kappa shape index (κ3) is 7.45. The molecule has 0 aliphatic carbocycles. The van der Waals surface area contributed by atoms with Crippen LogP contribution in [-0.4, -0.2) is 96.2 Å². The Kier molecular flexibility index (Phi) is 10.1. The molecule has 0 atom stereocenters. The number of amides is 1. The van der Waals surface area contributed by atoms with Crippen molar-refractivity contribution in [1.29, 1.82) is 0 Å². The number of ether oxygens (including phenoxy) is 2. The second kappa shape index (κ2) is 13.5. The highest BCUT2D eigenvalue weighted by molar-refractivity contribution is 7.99. The first-order valence-corrected chi connectivity index (χ1v) is 15.3. The van der Waals surface area contributed by atoms with Gasteiger partial charge in [0, 0.05) is 43.6 Å². The molecule has 14 heteroatoms. The van der Waals surface area contributed by atoms with E-state index in [4.69, 9.17) is 14.5 Å². The molecule has 0 bridgehead atoms. The summed E-state index contributed by atoms with van der Waals surface area (Å²) in [5.41, 5.74) is 1.05. The molecular formula is C25H35N7O5S2. The molecule has 2 aromatic heterocycles. The average molecular weight is 578 g/mol. The lowest BCUT2D eigenvalue weighted by Crippen LogP contribution is -2.40. The number of fused-ring (bicyclic) bond motifs is 1. The van der Waals surface area contributed by atoms with Gasteiger partial charge in [-0.3, -0.25) is 4.79 Å². The molecule has 1 fully saturated rings. The van der Waals surface area contributed by atoms with Gasteiger partial charge in [-0.05, 0) is 31.2 Å². The molecule has 3 heterocycles. The predicted molar refractivity (Wildman–Crippen MR) is 150 cm³/mol. The van der Waals surface area contributed by atoms with Crippen molar-refractivity contribution in [2.24, 2.45) is 0 Å². The van der Waals surface area contributed by atoms with Crippen molar-refractivity contribution in [3.05, 3.63) is 36.0 Å². The van der Waals surface area contributed by atoms with Crippen LogP contribution in [0.3, 0.4) is 0 Å². The van der Waals surface area contributed by atoms with Crippen LogP contribution in [-0.2, 0) is 26.0 Å². The molecule has 4 rings (SSSR count). The number of sulfonamides is 1. The van der Waals surface area contributed by atoms with Gasteiger partial charge in [0.25, 0.3) is 5.91 Å². The molecule has 3 aromatic rings. The van der Waals surface area contributed by atoms with Gasteiger partial charge >= 0.3 is 0 Å². The number of benzene rings is 1. The van der Waals surface area contributed by atoms with Crippen molar-refractivity contribution < 1.29 is 22.7 Å². The first-order valence-electron chi connectivity index (χ1n) is 13.0. The van der Waals surface area contributed by atoms with Crippen molar-refractivity contribution in [1.82, 2.24) is 29.4 Å².